The van der Waals surface area contributed by atoms with Gasteiger partial charge in [-0.15, -0.1) is 0 Å². The van der Waals surface area contributed by atoms with E-state index < -0.39 is 0 Å². The minimum Gasteiger partial charge on any atom is -0.497 e. The predicted octanol–water partition coefficient (Wildman–Crippen LogP) is 4.20. The molecule has 0 aliphatic carbocycles. The van der Waals surface area contributed by atoms with Crippen LogP contribution in [0.15, 0.2) is 48.5 Å². The Labute approximate surface area is 158 Å². The summed E-state index contributed by atoms with van der Waals surface area (Å²) in [6.07, 6.45) is 1.93. The molecule has 5 nitrogen and oxygen atoms in total. The van der Waals surface area contributed by atoms with Gasteiger partial charge in [-0.2, -0.15) is 0 Å². The molecule has 1 aliphatic rings. The van der Waals surface area contributed by atoms with Crippen LogP contribution in [0, 0.1) is 0 Å². The van der Waals surface area contributed by atoms with Crippen molar-refractivity contribution in [2.45, 2.75) is 18.8 Å². The molecule has 1 aromatic heterocycles. The first-order valence-electron chi connectivity index (χ1n) is 9.28. The van der Waals surface area contributed by atoms with Crippen molar-refractivity contribution in [1.29, 1.82) is 0 Å². The van der Waals surface area contributed by atoms with Gasteiger partial charge in [0.25, 0.3) is 5.91 Å². The van der Waals surface area contributed by atoms with Crippen molar-refractivity contribution in [2.75, 3.05) is 27.3 Å². The quantitative estimate of drug-likeness (QED) is 0.755. The highest BCUT2D eigenvalue weighted by Crippen LogP contribution is 2.31. The number of nitrogens with one attached hydrogen (secondary N) is 1. The van der Waals surface area contributed by atoms with Crippen LogP contribution in [-0.2, 0) is 0 Å². The molecule has 4 rings (SSSR count). The number of methoxy groups -OCH3 is 2. The van der Waals surface area contributed by atoms with Crippen LogP contribution in [0.1, 0.15) is 34.8 Å². The Bertz CT molecular complexity index is 938. The van der Waals surface area contributed by atoms with E-state index in [0.717, 1.165) is 42.9 Å². The summed E-state index contributed by atoms with van der Waals surface area (Å²) in [5.41, 5.74) is 3.09. The molecule has 0 spiro atoms. The third kappa shape index (κ3) is 3.50. The lowest BCUT2D eigenvalue weighted by atomic mass is 9.93. The molecule has 0 unspecified atom stereocenters. The van der Waals surface area contributed by atoms with Crippen LogP contribution in [0.4, 0.5) is 0 Å². The van der Waals surface area contributed by atoms with Crippen LogP contribution in [0.2, 0.25) is 0 Å². The largest absolute Gasteiger partial charge is 0.497 e. The second kappa shape index (κ2) is 7.35. The molecular formula is C22H24N2O3. The lowest BCUT2D eigenvalue weighted by Crippen LogP contribution is -2.37. The Hall–Kier alpha value is -2.95. The van der Waals surface area contributed by atoms with Gasteiger partial charge in [-0.3, -0.25) is 4.79 Å². The van der Waals surface area contributed by atoms with Gasteiger partial charge in [0.2, 0.25) is 0 Å². The molecule has 2 aromatic carbocycles. The van der Waals surface area contributed by atoms with Crippen molar-refractivity contribution in [3.8, 4) is 11.5 Å². The predicted molar refractivity (Wildman–Crippen MR) is 106 cm³/mol. The summed E-state index contributed by atoms with van der Waals surface area (Å²) in [7, 11) is 3.31. The van der Waals surface area contributed by atoms with Gasteiger partial charge in [-0.1, -0.05) is 0 Å². The van der Waals surface area contributed by atoms with Gasteiger partial charge in [-0.05, 0) is 61.4 Å². The number of carbonyl (C=O) groups excluding carboxylic acids is 1. The molecule has 5 heteroatoms. The van der Waals surface area contributed by atoms with Gasteiger partial charge in [0.15, 0.2) is 0 Å². The standard InChI is InChI=1S/C22H24N2O3/c1-26-18-5-3-16(4-6-18)22(25)24-11-9-15(10-12-24)21-14-17-13-19(27-2)7-8-20(17)23-21/h3-8,13-15,23H,9-12H2,1-2H3. The summed E-state index contributed by atoms with van der Waals surface area (Å²) in [5, 5.41) is 1.17. The van der Waals surface area contributed by atoms with Gasteiger partial charge in [0.05, 0.1) is 14.2 Å². The lowest BCUT2D eigenvalue weighted by Gasteiger charge is -2.31. The Morgan fingerprint density at radius 3 is 2.30 bits per heavy atom. The molecule has 0 bridgehead atoms. The number of aromatic nitrogens is 1. The number of ether oxygens (including phenoxy) is 2. The monoisotopic (exact) mass is 364 g/mol. The molecule has 0 saturated carbocycles. The molecule has 1 aliphatic heterocycles. The molecular weight excluding hydrogens is 340 g/mol. The molecule has 0 atom stereocenters. The maximum Gasteiger partial charge on any atom is 0.253 e. The van der Waals surface area contributed by atoms with E-state index in [1.54, 1.807) is 14.2 Å². The highest BCUT2D eigenvalue weighted by molar-refractivity contribution is 5.94. The first kappa shape index (κ1) is 17.5. The summed E-state index contributed by atoms with van der Waals surface area (Å²) >= 11 is 0. The number of benzene rings is 2. The van der Waals surface area contributed by atoms with E-state index in [4.69, 9.17) is 9.47 Å². The first-order valence-corrected chi connectivity index (χ1v) is 9.28. The van der Waals surface area contributed by atoms with Crippen molar-refractivity contribution in [3.05, 3.63) is 59.8 Å². The third-order valence-electron chi connectivity index (χ3n) is 5.41. The number of rotatable bonds is 4. The number of H-pyrrole nitrogens is 1. The maximum absolute atomic E-state index is 12.7. The molecule has 3 aromatic rings. The first-order chi connectivity index (χ1) is 13.2. The number of likely N-dealkylation sites (tertiary alicyclic amines) is 1. The van der Waals surface area contributed by atoms with E-state index in [0.29, 0.717) is 11.5 Å². The number of piperidine rings is 1. The number of amides is 1. The fraction of sp³-hybridized carbons (Fsp3) is 0.318. The molecule has 1 saturated heterocycles. The lowest BCUT2D eigenvalue weighted by molar-refractivity contribution is 0.0712. The van der Waals surface area contributed by atoms with Crippen molar-refractivity contribution in [1.82, 2.24) is 9.88 Å². The summed E-state index contributed by atoms with van der Waals surface area (Å²) in [4.78, 5) is 18.2. The van der Waals surface area contributed by atoms with Crippen molar-refractivity contribution >= 4 is 16.8 Å². The number of hydrogen-bond donors (Lipinski definition) is 1. The minimum absolute atomic E-state index is 0.0949. The molecule has 27 heavy (non-hydrogen) atoms. The summed E-state index contributed by atoms with van der Waals surface area (Å²) < 4.78 is 10.5. The van der Waals surface area contributed by atoms with E-state index >= 15 is 0 Å². The van der Waals surface area contributed by atoms with Crippen LogP contribution in [0.25, 0.3) is 10.9 Å². The van der Waals surface area contributed by atoms with Crippen LogP contribution in [-0.4, -0.2) is 43.1 Å². The topological polar surface area (TPSA) is 54.6 Å². The molecule has 2 heterocycles. The zero-order valence-electron chi connectivity index (χ0n) is 15.7. The van der Waals surface area contributed by atoms with E-state index in [1.165, 1.54) is 11.1 Å². The highest BCUT2D eigenvalue weighted by Gasteiger charge is 2.25. The van der Waals surface area contributed by atoms with Gasteiger partial charge in [0.1, 0.15) is 11.5 Å². The van der Waals surface area contributed by atoms with Gasteiger partial charge in [0, 0.05) is 41.2 Å². The summed E-state index contributed by atoms with van der Waals surface area (Å²) in [6, 6.07) is 15.6. The number of aromatic amines is 1. The van der Waals surface area contributed by atoms with Crippen LogP contribution >= 0.6 is 0 Å². The van der Waals surface area contributed by atoms with Crippen LogP contribution in [0.5, 0.6) is 11.5 Å². The molecule has 1 fully saturated rings. The Morgan fingerprint density at radius 2 is 1.63 bits per heavy atom. The number of hydrogen-bond acceptors (Lipinski definition) is 3. The van der Waals surface area contributed by atoms with E-state index in [2.05, 4.69) is 23.2 Å². The Morgan fingerprint density at radius 1 is 0.963 bits per heavy atom. The Kier molecular flexibility index (Phi) is 4.75. The van der Waals surface area contributed by atoms with Crippen molar-refractivity contribution in [2.24, 2.45) is 0 Å². The van der Waals surface area contributed by atoms with Gasteiger partial charge < -0.3 is 19.4 Å². The van der Waals surface area contributed by atoms with Gasteiger partial charge in [-0.25, -0.2) is 0 Å². The average Bonchev–Trinajstić information content (AvgIpc) is 3.16. The fourth-order valence-corrected chi connectivity index (χ4v) is 3.79. The molecule has 1 amide bonds. The van der Waals surface area contributed by atoms with E-state index in [-0.39, 0.29) is 5.91 Å². The summed E-state index contributed by atoms with van der Waals surface area (Å²) in [6.45, 7) is 1.54. The third-order valence-corrected chi connectivity index (χ3v) is 5.41. The summed E-state index contributed by atoms with van der Waals surface area (Å²) in [5.74, 6) is 2.18. The molecule has 140 valence electrons. The highest BCUT2D eigenvalue weighted by atomic mass is 16.5. The fourth-order valence-electron chi connectivity index (χ4n) is 3.79. The average molecular weight is 364 g/mol. The second-order valence-electron chi connectivity index (χ2n) is 6.97. The van der Waals surface area contributed by atoms with E-state index in [9.17, 15) is 4.79 Å². The normalized spacial score (nSPS) is 15.1. The molecule has 1 N–H and O–H groups in total. The van der Waals surface area contributed by atoms with Crippen LogP contribution in [0.3, 0.4) is 0 Å². The smallest absolute Gasteiger partial charge is 0.253 e. The number of carbonyl (C=O) groups is 1. The zero-order chi connectivity index (χ0) is 18.8. The maximum atomic E-state index is 12.7. The number of fused-ring (bicyclic) bond motifs is 1. The van der Waals surface area contributed by atoms with Gasteiger partial charge >= 0.3 is 0 Å². The van der Waals surface area contributed by atoms with Crippen molar-refractivity contribution < 1.29 is 14.3 Å². The minimum atomic E-state index is 0.0949. The van der Waals surface area contributed by atoms with E-state index in [1.807, 2.05) is 35.2 Å². The van der Waals surface area contributed by atoms with Crippen LogP contribution < -0.4 is 9.47 Å². The molecule has 0 radical (unpaired) electrons. The van der Waals surface area contributed by atoms with Crippen molar-refractivity contribution in [3.63, 3.8) is 0 Å². The SMILES string of the molecule is COc1ccc(C(=O)N2CCC(c3cc4cc(OC)ccc4[nH]3)CC2)cc1. The Balaban J connectivity index is 1.43. The second-order valence-corrected chi connectivity index (χ2v) is 6.97. The zero-order valence-corrected chi connectivity index (χ0v) is 15.7. The number of nitrogens with zero attached hydrogens (tertiary/aromatic N) is 1.